The van der Waals surface area contributed by atoms with Crippen LogP contribution in [0.2, 0.25) is 0 Å². The number of hydrogen-bond acceptors (Lipinski definition) is 1. The summed E-state index contributed by atoms with van der Waals surface area (Å²) < 4.78 is 77.2. The number of carbonyl (C=O) groups excluding carboxylic acids is 1. The summed E-state index contributed by atoms with van der Waals surface area (Å²) >= 11 is 0. The van der Waals surface area contributed by atoms with Crippen molar-refractivity contribution in [2.75, 3.05) is 0 Å². The molecule has 0 spiro atoms. The van der Waals surface area contributed by atoms with Crippen molar-refractivity contribution in [3.05, 3.63) is 41.0 Å². The van der Waals surface area contributed by atoms with Gasteiger partial charge in [-0.1, -0.05) is 18.2 Å². The number of halogens is 6. The van der Waals surface area contributed by atoms with Crippen LogP contribution in [-0.4, -0.2) is 12.1 Å². The summed E-state index contributed by atoms with van der Waals surface area (Å²) in [6.45, 7) is 0. The summed E-state index contributed by atoms with van der Waals surface area (Å²) in [5.41, 5.74) is -0.601. The Morgan fingerprint density at radius 2 is 1.70 bits per heavy atom. The van der Waals surface area contributed by atoms with Crippen LogP contribution in [0.1, 0.15) is 16.7 Å². The van der Waals surface area contributed by atoms with Crippen LogP contribution in [0.3, 0.4) is 0 Å². The molecule has 0 aromatic heterocycles. The molecule has 1 amide bonds. The number of alkyl halides is 6. The molecule has 2 nitrogen and oxygen atoms in total. The van der Waals surface area contributed by atoms with E-state index in [1.807, 2.05) is 0 Å². The van der Waals surface area contributed by atoms with Crippen molar-refractivity contribution in [2.24, 2.45) is 5.73 Å². The summed E-state index contributed by atoms with van der Waals surface area (Å²) in [5, 5.41) is 0. The van der Waals surface area contributed by atoms with Gasteiger partial charge in [0.25, 0.3) is 0 Å². The van der Waals surface area contributed by atoms with Gasteiger partial charge < -0.3 is 5.73 Å². The topological polar surface area (TPSA) is 43.1 Å². The number of carbonyl (C=O) groups is 1. The Kier molecular flexibility index (Phi) is 2.88. The lowest BCUT2D eigenvalue weighted by Gasteiger charge is -2.28. The maximum atomic E-state index is 13.1. The van der Waals surface area contributed by atoms with E-state index < -0.39 is 34.8 Å². The molecule has 1 aromatic carbocycles. The first-order valence-corrected chi connectivity index (χ1v) is 5.28. The molecule has 1 aliphatic rings. The van der Waals surface area contributed by atoms with E-state index in [0.29, 0.717) is 18.2 Å². The molecule has 1 aliphatic carbocycles. The van der Waals surface area contributed by atoms with Crippen molar-refractivity contribution in [1.82, 2.24) is 0 Å². The van der Waals surface area contributed by atoms with Crippen molar-refractivity contribution >= 4 is 12.0 Å². The summed E-state index contributed by atoms with van der Waals surface area (Å²) in [6.07, 6.45) is -8.51. The van der Waals surface area contributed by atoms with Gasteiger partial charge in [0, 0.05) is 0 Å². The van der Waals surface area contributed by atoms with E-state index in [1.54, 1.807) is 0 Å². The quantitative estimate of drug-likeness (QED) is 0.795. The molecule has 0 radical (unpaired) electrons. The van der Waals surface area contributed by atoms with Gasteiger partial charge in [-0.3, -0.25) is 4.79 Å². The van der Waals surface area contributed by atoms with Gasteiger partial charge in [-0.15, -0.1) is 0 Å². The van der Waals surface area contributed by atoms with Crippen molar-refractivity contribution in [3.8, 4) is 0 Å². The first kappa shape index (κ1) is 14.4. The maximum absolute atomic E-state index is 13.1. The van der Waals surface area contributed by atoms with Crippen LogP contribution in [-0.2, 0) is 16.4 Å². The number of nitrogens with two attached hydrogens (primary N) is 1. The zero-order valence-corrected chi connectivity index (χ0v) is 9.64. The van der Waals surface area contributed by atoms with Gasteiger partial charge in [0.05, 0.1) is 5.56 Å². The van der Waals surface area contributed by atoms with E-state index in [0.717, 1.165) is 12.1 Å². The molecule has 1 unspecified atom stereocenters. The van der Waals surface area contributed by atoms with Crippen LogP contribution in [0.25, 0.3) is 6.08 Å². The van der Waals surface area contributed by atoms with Crippen LogP contribution < -0.4 is 5.73 Å². The fourth-order valence-corrected chi connectivity index (χ4v) is 2.13. The summed E-state index contributed by atoms with van der Waals surface area (Å²) in [5.74, 6) is -1.76. The molecule has 108 valence electrons. The van der Waals surface area contributed by atoms with Crippen molar-refractivity contribution in [1.29, 1.82) is 0 Å². The fourth-order valence-electron chi connectivity index (χ4n) is 2.13. The Morgan fingerprint density at radius 3 is 2.15 bits per heavy atom. The normalized spacial score (nSPS) is 21.9. The first-order chi connectivity index (χ1) is 9.00. The van der Waals surface area contributed by atoms with Crippen molar-refractivity contribution in [2.45, 2.75) is 17.8 Å². The molecular weight excluding hydrogens is 288 g/mol. The number of fused-ring (bicyclic) bond motifs is 1. The van der Waals surface area contributed by atoms with Crippen molar-refractivity contribution < 1.29 is 31.1 Å². The summed E-state index contributed by atoms with van der Waals surface area (Å²) in [6, 6.07) is 1.84. The van der Waals surface area contributed by atoms with Gasteiger partial charge in [0.15, 0.2) is 5.41 Å². The molecular formula is C12H7F6NO. The monoisotopic (exact) mass is 295 g/mol. The maximum Gasteiger partial charge on any atom is 0.416 e. The Labute approximate surface area is 108 Å². The second kappa shape index (κ2) is 4.00. The second-order valence-electron chi connectivity index (χ2n) is 4.30. The highest BCUT2D eigenvalue weighted by atomic mass is 19.4. The third-order valence-electron chi connectivity index (χ3n) is 3.15. The van der Waals surface area contributed by atoms with Gasteiger partial charge >= 0.3 is 12.4 Å². The standard InChI is InChI=1S/C12H7F6NO/c13-11(14,15)7-2-1-6-3-4-10(9(19)20,8(6)5-7)12(16,17)18/h1-5H,(H2,19,20). The molecule has 0 saturated carbocycles. The number of primary amides is 1. The highest BCUT2D eigenvalue weighted by Gasteiger charge is 2.61. The third-order valence-corrected chi connectivity index (χ3v) is 3.15. The van der Waals surface area contributed by atoms with E-state index >= 15 is 0 Å². The molecule has 20 heavy (non-hydrogen) atoms. The van der Waals surface area contributed by atoms with E-state index in [2.05, 4.69) is 0 Å². The Morgan fingerprint density at radius 1 is 1.10 bits per heavy atom. The third kappa shape index (κ3) is 1.86. The van der Waals surface area contributed by atoms with Crippen molar-refractivity contribution in [3.63, 3.8) is 0 Å². The fraction of sp³-hybridized carbons (Fsp3) is 0.250. The van der Waals surface area contributed by atoms with E-state index in [-0.39, 0.29) is 5.56 Å². The lowest BCUT2D eigenvalue weighted by atomic mass is 9.80. The summed E-state index contributed by atoms with van der Waals surface area (Å²) in [7, 11) is 0. The molecule has 2 N–H and O–H groups in total. The minimum Gasteiger partial charge on any atom is -0.368 e. The molecule has 1 aromatic rings. The van der Waals surface area contributed by atoms with Gasteiger partial charge in [-0.25, -0.2) is 0 Å². The highest BCUT2D eigenvalue weighted by Crippen LogP contribution is 2.48. The number of rotatable bonds is 1. The number of benzene rings is 1. The Balaban J connectivity index is 2.72. The molecule has 0 aliphatic heterocycles. The largest absolute Gasteiger partial charge is 0.416 e. The van der Waals surface area contributed by atoms with Crippen LogP contribution in [0.4, 0.5) is 26.3 Å². The summed E-state index contributed by atoms with van der Waals surface area (Å²) in [4.78, 5) is 11.3. The first-order valence-electron chi connectivity index (χ1n) is 5.28. The van der Waals surface area contributed by atoms with E-state index in [1.165, 1.54) is 0 Å². The Bertz CT molecular complexity index is 601. The van der Waals surface area contributed by atoms with Crippen LogP contribution in [0.5, 0.6) is 0 Å². The predicted molar refractivity (Wildman–Crippen MR) is 57.4 cm³/mol. The van der Waals surface area contributed by atoms with Gasteiger partial charge in [-0.05, 0) is 23.3 Å². The zero-order valence-electron chi connectivity index (χ0n) is 9.64. The van der Waals surface area contributed by atoms with E-state index in [4.69, 9.17) is 5.73 Å². The smallest absolute Gasteiger partial charge is 0.368 e. The minimum atomic E-state index is -5.12. The van der Waals surface area contributed by atoms with Gasteiger partial charge in [0.1, 0.15) is 0 Å². The van der Waals surface area contributed by atoms with Gasteiger partial charge in [-0.2, -0.15) is 26.3 Å². The number of amides is 1. The molecule has 8 heteroatoms. The molecule has 2 rings (SSSR count). The van der Waals surface area contributed by atoms with Gasteiger partial charge in [0.2, 0.25) is 5.91 Å². The molecule has 0 fully saturated rings. The van der Waals surface area contributed by atoms with Crippen LogP contribution in [0, 0.1) is 0 Å². The Hall–Kier alpha value is -1.99. The zero-order chi connectivity index (χ0) is 15.3. The lowest BCUT2D eigenvalue weighted by Crippen LogP contribution is -2.50. The second-order valence-corrected chi connectivity index (χ2v) is 4.30. The van der Waals surface area contributed by atoms with E-state index in [9.17, 15) is 31.1 Å². The van der Waals surface area contributed by atoms with Crippen LogP contribution in [0.15, 0.2) is 24.3 Å². The average Bonchev–Trinajstić information content (AvgIpc) is 2.66. The number of hydrogen-bond donors (Lipinski definition) is 1. The SMILES string of the molecule is NC(=O)C1(C(F)(F)F)C=Cc2ccc(C(F)(F)F)cc21. The van der Waals surface area contributed by atoms with Crippen LogP contribution >= 0.6 is 0 Å². The average molecular weight is 295 g/mol. The molecule has 0 bridgehead atoms. The molecule has 0 saturated heterocycles. The lowest BCUT2D eigenvalue weighted by molar-refractivity contribution is -0.181. The minimum absolute atomic E-state index is 0.117. The predicted octanol–water partition coefficient (Wildman–Crippen LogP) is 3.02. The highest BCUT2D eigenvalue weighted by molar-refractivity contribution is 5.95. The molecule has 1 atom stereocenters. The molecule has 0 heterocycles.